The molecule has 4 aromatic carbocycles. The van der Waals surface area contributed by atoms with Gasteiger partial charge in [-0.1, -0.05) is 60.7 Å². The highest BCUT2D eigenvalue weighted by Crippen LogP contribution is 2.36. The van der Waals surface area contributed by atoms with Crippen LogP contribution in [0, 0.1) is 0 Å². The van der Waals surface area contributed by atoms with Gasteiger partial charge >= 0.3 is 0 Å². The first kappa shape index (κ1) is 23.3. The molecule has 0 spiro atoms. The Kier molecular flexibility index (Phi) is 5.28. The maximum Gasteiger partial charge on any atom is 0.140 e. The molecular formula is C36H25N5. The molecule has 0 saturated heterocycles. The lowest BCUT2D eigenvalue weighted by Crippen LogP contribution is -1.96. The molecule has 41 heavy (non-hydrogen) atoms. The van der Waals surface area contributed by atoms with Crippen molar-refractivity contribution in [2.75, 3.05) is 0 Å². The normalized spacial score (nSPS) is 11.5. The lowest BCUT2D eigenvalue weighted by atomic mass is 10.0. The van der Waals surface area contributed by atoms with Crippen LogP contribution in [-0.4, -0.2) is 24.1 Å². The Morgan fingerprint density at radius 2 is 1.39 bits per heavy atom. The summed E-state index contributed by atoms with van der Waals surface area (Å²) < 4.78 is 4.52. The molecule has 0 atom stereocenters. The fourth-order valence-corrected chi connectivity index (χ4v) is 5.90. The number of pyridine rings is 2. The van der Waals surface area contributed by atoms with E-state index in [1.165, 1.54) is 16.3 Å². The van der Waals surface area contributed by atoms with Gasteiger partial charge in [0.2, 0.25) is 0 Å². The summed E-state index contributed by atoms with van der Waals surface area (Å²) in [7, 11) is 2.08. The average Bonchev–Trinajstić information content (AvgIpc) is 3.56. The fourth-order valence-electron chi connectivity index (χ4n) is 5.90. The van der Waals surface area contributed by atoms with E-state index < -0.39 is 0 Å². The van der Waals surface area contributed by atoms with Crippen molar-refractivity contribution >= 4 is 32.8 Å². The lowest BCUT2D eigenvalue weighted by molar-refractivity contribution is 0.959. The second-order valence-corrected chi connectivity index (χ2v) is 10.3. The van der Waals surface area contributed by atoms with Gasteiger partial charge in [0.25, 0.3) is 0 Å². The molecule has 0 saturated carbocycles. The van der Waals surface area contributed by atoms with Gasteiger partial charge in [-0.3, -0.25) is 9.97 Å². The molecule has 0 bridgehead atoms. The highest BCUT2D eigenvalue weighted by Gasteiger charge is 2.16. The van der Waals surface area contributed by atoms with Crippen LogP contribution in [0.2, 0.25) is 0 Å². The molecule has 4 aromatic heterocycles. The number of para-hydroxylation sites is 3. The first-order valence-electron chi connectivity index (χ1n) is 13.7. The number of aromatic nitrogens is 5. The zero-order valence-corrected chi connectivity index (χ0v) is 22.4. The molecule has 8 rings (SSSR count). The van der Waals surface area contributed by atoms with Gasteiger partial charge in [-0.15, -0.1) is 0 Å². The van der Waals surface area contributed by atoms with Gasteiger partial charge in [0.1, 0.15) is 5.82 Å². The number of nitrogens with zero attached hydrogens (tertiary/aromatic N) is 5. The lowest BCUT2D eigenvalue weighted by Gasteiger charge is -2.11. The number of rotatable bonds is 4. The highest BCUT2D eigenvalue weighted by atomic mass is 15.1. The van der Waals surface area contributed by atoms with Crippen LogP contribution in [-0.2, 0) is 7.05 Å². The number of hydrogen-bond acceptors (Lipinski definition) is 3. The summed E-state index contributed by atoms with van der Waals surface area (Å²) in [5.41, 5.74) is 10.8. The van der Waals surface area contributed by atoms with Crippen molar-refractivity contribution in [1.82, 2.24) is 24.1 Å². The molecular weight excluding hydrogens is 502 g/mol. The van der Waals surface area contributed by atoms with Crippen molar-refractivity contribution in [1.29, 1.82) is 0 Å². The second-order valence-electron chi connectivity index (χ2n) is 10.3. The Hall–Kier alpha value is -5.55. The van der Waals surface area contributed by atoms with Gasteiger partial charge < -0.3 is 9.13 Å². The van der Waals surface area contributed by atoms with Crippen LogP contribution in [0.5, 0.6) is 0 Å². The molecule has 8 aromatic rings. The Morgan fingerprint density at radius 1 is 0.561 bits per heavy atom. The first-order chi connectivity index (χ1) is 20.2. The summed E-state index contributed by atoms with van der Waals surface area (Å²) in [4.78, 5) is 14.0. The standard InChI is InChI=1S/C36H25N5/c1-40-34-14-5-3-12-31(34)39-36(40)26-15-16-30-29-11-2-4-13-33(29)41(35(30)22-26)28-10-6-8-25(20-28)32-21-24(17-19-38-32)27-9-7-18-37-23-27/h2-23H,1H3. The van der Waals surface area contributed by atoms with E-state index in [0.29, 0.717) is 0 Å². The summed E-state index contributed by atoms with van der Waals surface area (Å²) in [6, 6.07) is 40.4. The van der Waals surface area contributed by atoms with Gasteiger partial charge in [0.05, 0.1) is 27.8 Å². The smallest absolute Gasteiger partial charge is 0.140 e. The summed E-state index contributed by atoms with van der Waals surface area (Å²) in [5, 5.41) is 2.44. The van der Waals surface area contributed by atoms with Gasteiger partial charge in [0.15, 0.2) is 0 Å². The van der Waals surface area contributed by atoms with Crippen molar-refractivity contribution in [2.45, 2.75) is 0 Å². The molecule has 5 nitrogen and oxygen atoms in total. The van der Waals surface area contributed by atoms with Gasteiger partial charge in [0, 0.05) is 58.8 Å². The molecule has 0 aliphatic carbocycles. The van der Waals surface area contributed by atoms with E-state index in [9.17, 15) is 0 Å². The number of benzene rings is 4. The first-order valence-corrected chi connectivity index (χ1v) is 13.7. The quantitative estimate of drug-likeness (QED) is 0.231. The molecule has 194 valence electrons. The zero-order valence-electron chi connectivity index (χ0n) is 22.4. The third-order valence-corrected chi connectivity index (χ3v) is 7.87. The van der Waals surface area contributed by atoms with Crippen LogP contribution in [0.25, 0.3) is 72.3 Å². The van der Waals surface area contributed by atoms with E-state index in [-0.39, 0.29) is 0 Å². The molecule has 0 aliphatic heterocycles. The topological polar surface area (TPSA) is 48.5 Å². The third-order valence-electron chi connectivity index (χ3n) is 7.87. The van der Waals surface area contributed by atoms with Crippen LogP contribution in [0.1, 0.15) is 0 Å². The van der Waals surface area contributed by atoms with Crippen LogP contribution in [0.4, 0.5) is 0 Å². The Balaban J connectivity index is 1.31. The number of fused-ring (bicyclic) bond motifs is 4. The average molecular weight is 528 g/mol. The second kappa shape index (κ2) is 9.28. The monoisotopic (exact) mass is 527 g/mol. The van der Waals surface area contributed by atoms with Crippen LogP contribution >= 0.6 is 0 Å². The summed E-state index contributed by atoms with van der Waals surface area (Å²) in [6.45, 7) is 0. The summed E-state index contributed by atoms with van der Waals surface area (Å²) in [5.74, 6) is 0.954. The third kappa shape index (κ3) is 3.82. The van der Waals surface area contributed by atoms with Crippen LogP contribution < -0.4 is 0 Å². The SMILES string of the molecule is Cn1c(-c2ccc3c4ccccc4n(-c4cccc(-c5cc(-c6cccnc6)ccn5)c4)c3c2)nc2ccccc21. The molecule has 0 aliphatic rings. The molecule has 5 heteroatoms. The number of hydrogen-bond donors (Lipinski definition) is 0. The number of imidazole rings is 1. The summed E-state index contributed by atoms with van der Waals surface area (Å²) >= 11 is 0. The fraction of sp³-hybridized carbons (Fsp3) is 0.0278. The van der Waals surface area contributed by atoms with E-state index in [1.807, 2.05) is 30.6 Å². The van der Waals surface area contributed by atoms with E-state index in [4.69, 9.17) is 9.97 Å². The van der Waals surface area contributed by atoms with E-state index in [1.54, 1.807) is 6.20 Å². The molecule has 4 heterocycles. The van der Waals surface area contributed by atoms with Crippen LogP contribution in [0.15, 0.2) is 134 Å². The molecule has 0 N–H and O–H groups in total. The van der Waals surface area contributed by atoms with E-state index in [2.05, 4.69) is 118 Å². The minimum Gasteiger partial charge on any atom is -0.327 e. The molecule has 0 amide bonds. The summed E-state index contributed by atoms with van der Waals surface area (Å²) in [6.07, 6.45) is 5.55. The Morgan fingerprint density at radius 3 is 2.27 bits per heavy atom. The molecule has 0 fully saturated rings. The Labute approximate surface area is 237 Å². The number of aryl methyl sites for hydroxylation is 1. The van der Waals surface area contributed by atoms with Crippen molar-refractivity contribution in [2.24, 2.45) is 7.05 Å². The van der Waals surface area contributed by atoms with Gasteiger partial charge in [-0.25, -0.2) is 4.98 Å². The maximum atomic E-state index is 4.97. The highest BCUT2D eigenvalue weighted by molar-refractivity contribution is 6.10. The minimum atomic E-state index is 0.925. The van der Waals surface area contributed by atoms with Crippen molar-refractivity contribution < 1.29 is 0 Å². The zero-order chi connectivity index (χ0) is 27.3. The van der Waals surface area contributed by atoms with Crippen molar-refractivity contribution in [3.63, 3.8) is 0 Å². The predicted octanol–water partition coefficient (Wildman–Crippen LogP) is 8.46. The van der Waals surface area contributed by atoms with E-state index in [0.717, 1.165) is 56.0 Å². The Bertz CT molecular complexity index is 2220. The largest absolute Gasteiger partial charge is 0.327 e. The van der Waals surface area contributed by atoms with E-state index >= 15 is 0 Å². The van der Waals surface area contributed by atoms with Crippen molar-refractivity contribution in [3.8, 4) is 39.5 Å². The van der Waals surface area contributed by atoms with Gasteiger partial charge in [-0.05, 0) is 60.2 Å². The maximum absolute atomic E-state index is 4.97. The van der Waals surface area contributed by atoms with Crippen molar-refractivity contribution in [3.05, 3.63) is 134 Å². The predicted molar refractivity (Wildman–Crippen MR) is 167 cm³/mol. The van der Waals surface area contributed by atoms with Gasteiger partial charge in [-0.2, -0.15) is 0 Å². The van der Waals surface area contributed by atoms with Crippen LogP contribution in [0.3, 0.4) is 0 Å². The molecule has 0 unspecified atom stereocenters. The minimum absolute atomic E-state index is 0.925. The molecule has 0 radical (unpaired) electrons.